The third-order valence-electron chi connectivity index (χ3n) is 5.23. The highest BCUT2D eigenvalue weighted by Gasteiger charge is 2.56. The van der Waals surface area contributed by atoms with Crippen molar-refractivity contribution in [2.45, 2.75) is 71.2 Å². The SMILES string of the molecule is CCOC1CC(NCc2nncn2CC)C12CCCC2. The normalized spacial score (nSPS) is 27.9. The molecule has 1 aromatic rings. The van der Waals surface area contributed by atoms with Crippen molar-refractivity contribution in [2.24, 2.45) is 5.41 Å². The lowest BCUT2D eigenvalue weighted by Gasteiger charge is -2.54. The van der Waals surface area contributed by atoms with Gasteiger partial charge in [0.2, 0.25) is 0 Å². The van der Waals surface area contributed by atoms with E-state index in [1.807, 2.05) is 6.33 Å². The summed E-state index contributed by atoms with van der Waals surface area (Å²) < 4.78 is 8.06. The van der Waals surface area contributed by atoms with Gasteiger partial charge in [0.15, 0.2) is 0 Å². The molecule has 112 valence electrons. The molecule has 0 saturated heterocycles. The van der Waals surface area contributed by atoms with Gasteiger partial charge in [-0.1, -0.05) is 12.8 Å². The van der Waals surface area contributed by atoms with Crippen LogP contribution in [0.15, 0.2) is 6.33 Å². The van der Waals surface area contributed by atoms with Gasteiger partial charge in [-0.05, 0) is 33.1 Å². The maximum atomic E-state index is 5.95. The molecule has 2 aliphatic rings. The number of rotatable bonds is 6. The first-order chi connectivity index (χ1) is 9.80. The van der Waals surface area contributed by atoms with Gasteiger partial charge < -0.3 is 14.6 Å². The fraction of sp³-hybridized carbons (Fsp3) is 0.867. The van der Waals surface area contributed by atoms with Crippen LogP contribution in [-0.2, 0) is 17.8 Å². The van der Waals surface area contributed by atoms with E-state index in [0.29, 0.717) is 17.6 Å². The minimum absolute atomic E-state index is 0.396. The van der Waals surface area contributed by atoms with E-state index in [1.54, 1.807) is 0 Å². The van der Waals surface area contributed by atoms with Gasteiger partial charge in [-0.15, -0.1) is 10.2 Å². The predicted octanol–water partition coefficient (Wildman–Crippen LogP) is 2.13. The third kappa shape index (κ3) is 2.27. The fourth-order valence-electron chi connectivity index (χ4n) is 4.07. The van der Waals surface area contributed by atoms with Crippen LogP contribution in [0.1, 0.15) is 51.8 Å². The lowest BCUT2D eigenvalue weighted by atomic mass is 9.60. The Morgan fingerprint density at radius 2 is 2.20 bits per heavy atom. The summed E-state index contributed by atoms with van der Waals surface area (Å²) in [6, 6.07) is 0.587. The zero-order valence-corrected chi connectivity index (χ0v) is 12.6. The van der Waals surface area contributed by atoms with Crippen LogP contribution in [0.5, 0.6) is 0 Å². The second-order valence-corrected chi connectivity index (χ2v) is 6.09. The van der Waals surface area contributed by atoms with Crippen LogP contribution in [-0.4, -0.2) is 33.5 Å². The van der Waals surface area contributed by atoms with Crippen LogP contribution in [0.4, 0.5) is 0 Å². The summed E-state index contributed by atoms with van der Waals surface area (Å²) in [5.41, 5.74) is 0.396. The molecule has 0 aromatic carbocycles. The molecule has 5 heteroatoms. The number of ether oxygens (including phenoxy) is 1. The van der Waals surface area contributed by atoms with Gasteiger partial charge in [0.1, 0.15) is 12.2 Å². The van der Waals surface area contributed by atoms with Gasteiger partial charge in [-0.2, -0.15) is 0 Å². The van der Waals surface area contributed by atoms with Crippen LogP contribution >= 0.6 is 0 Å². The van der Waals surface area contributed by atoms with E-state index in [2.05, 4.69) is 33.9 Å². The van der Waals surface area contributed by atoms with Crippen molar-refractivity contribution in [1.29, 1.82) is 0 Å². The zero-order chi connectivity index (χ0) is 14.0. The summed E-state index contributed by atoms with van der Waals surface area (Å²) in [6.07, 6.45) is 8.77. The monoisotopic (exact) mass is 278 g/mol. The molecule has 2 unspecified atom stereocenters. The largest absolute Gasteiger partial charge is 0.378 e. The smallest absolute Gasteiger partial charge is 0.146 e. The second kappa shape index (κ2) is 5.82. The first-order valence-corrected chi connectivity index (χ1v) is 8.02. The van der Waals surface area contributed by atoms with E-state index >= 15 is 0 Å². The summed E-state index contributed by atoms with van der Waals surface area (Å²) >= 11 is 0. The number of hydrogen-bond acceptors (Lipinski definition) is 4. The van der Waals surface area contributed by atoms with E-state index < -0.39 is 0 Å². The summed E-state index contributed by atoms with van der Waals surface area (Å²) in [6.45, 7) is 6.82. The van der Waals surface area contributed by atoms with Crippen LogP contribution in [0.25, 0.3) is 0 Å². The first-order valence-electron chi connectivity index (χ1n) is 8.02. The maximum absolute atomic E-state index is 5.95. The van der Waals surface area contributed by atoms with Crippen molar-refractivity contribution < 1.29 is 4.74 Å². The molecule has 0 radical (unpaired) electrons. The van der Waals surface area contributed by atoms with Crippen molar-refractivity contribution in [3.63, 3.8) is 0 Å². The predicted molar refractivity (Wildman–Crippen MR) is 77.3 cm³/mol. The van der Waals surface area contributed by atoms with Crippen molar-refractivity contribution in [1.82, 2.24) is 20.1 Å². The van der Waals surface area contributed by atoms with E-state index in [-0.39, 0.29) is 0 Å². The molecule has 2 saturated carbocycles. The molecular weight excluding hydrogens is 252 g/mol. The van der Waals surface area contributed by atoms with E-state index in [9.17, 15) is 0 Å². The lowest BCUT2D eigenvalue weighted by molar-refractivity contribution is -0.130. The Balaban J connectivity index is 1.61. The van der Waals surface area contributed by atoms with Crippen LogP contribution in [0, 0.1) is 5.41 Å². The zero-order valence-electron chi connectivity index (χ0n) is 12.6. The van der Waals surface area contributed by atoms with Gasteiger partial charge in [-0.25, -0.2) is 0 Å². The molecule has 0 aliphatic heterocycles. The number of hydrogen-bond donors (Lipinski definition) is 1. The highest BCUT2D eigenvalue weighted by molar-refractivity contribution is 5.10. The Morgan fingerprint density at radius 3 is 2.90 bits per heavy atom. The Morgan fingerprint density at radius 1 is 1.40 bits per heavy atom. The minimum atomic E-state index is 0.396. The average molecular weight is 278 g/mol. The summed E-state index contributed by atoms with van der Waals surface area (Å²) in [5.74, 6) is 1.04. The van der Waals surface area contributed by atoms with Crippen LogP contribution in [0.3, 0.4) is 0 Å². The van der Waals surface area contributed by atoms with E-state index in [4.69, 9.17) is 4.74 Å². The molecule has 2 atom stereocenters. The van der Waals surface area contributed by atoms with E-state index in [0.717, 1.165) is 31.9 Å². The summed E-state index contributed by atoms with van der Waals surface area (Å²) in [5, 5.41) is 11.9. The molecule has 0 amide bonds. The molecule has 3 rings (SSSR count). The fourth-order valence-corrected chi connectivity index (χ4v) is 4.07. The van der Waals surface area contributed by atoms with Crippen molar-refractivity contribution in [2.75, 3.05) is 6.61 Å². The quantitative estimate of drug-likeness (QED) is 0.866. The highest BCUT2D eigenvalue weighted by atomic mass is 16.5. The second-order valence-electron chi connectivity index (χ2n) is 6.09. The third-order valence-corrected chi connectivity index (χ3v) is 5.23. The maximum Gasteiger partial charge on any atom is 0.146 e. The Labute approximate surface area is 121 Å². The number of nitrogens with one attached hydrogen (secondary N) is 1. The average Bonchev–Trinajstić information content (AvgIpc) is 3.11. The molecular formula is C15H26N4O. The Hall–Kier alpha value is -0.940. The molecule has 2 fully saturated rings. The number of nitrogens with zero attached hydrogens (tertiary/aromatic N) is 3. The summed E-state index contributed by atoms with van der Waals surface area (Å²) in [7, 11) is 0. The topological polar surface area (TPSA) is 52.0 Å². The molecule has 1 heterocycles. The highest BCUT2D eigenvalue weighted by Crippen LogP contribution is 2.54. The number of aryl methyl sites for hydroxylation is 1. The van der Waals surface area contributed by atoms with Crippen molar-refractivity contribution in [3.8, 4) is 0 Å². The van der Waals surface area contributed by atoms with Crippen molar-refractivity contribution >= 4 is 0 Å². The van der Waals surface area contributed by atoms with Crippen molar-refractivity contribution in [3.05, 3.63) is 12.2 Å². The molecule has 1 N–H and O–H groups in total. The standard InChI is InChI=1S/C15H26N4O/c1-3-19-11-17-18-14(19)10-16-12-9-13(20-4-2)15(12)7-5-6-8-15/h11-13,16H,3-10H2,1-2H3. The minimum Gasteiger partial charge on any atom is -0.378 e. The number of aromatic nitrogens is 3. The molecule has 20 heavy (non-hydrogen) atoms. The van der Waals surface area contributed by atoms with Crippen LogP contribution < -0.4 is 5.32 Å². The van der Waals surface area contributed by atoms with E-state index in [1.165, 1.54) is 25.7 Å². The molecule has 5 nitrogen and oxygen atoms in total. The van der Waals surface area contributed by atoms with Gasteiger partial charge >= 0.3 is 0 Å². The molecule has 2 aliphatic carbocycles. The van der Waals surface area contributed by atoms with Crippen LogP contribution in [0.2, 0.25) is 0 Å². The Bertz CT molecular complexity index is 439. The van der Waals surface area contributed by atoms with Gasteiger partial charge in [-0.3, -0.25) is 0 Å². The summed E-state index contributed by atoms with van der Waals surface area (Å²) in [4.78, 5) is 0. The molecule has 0 bridgehead atoms. The Kier molecular flexibility index (Phi) is 4.08. The van der Waals surface area contributed by atoms with Gasteiger partial charge in [0.05, 0.1) is 12.6 Å². The molecule has 1 aromatic heterocycles. The van der Waals surface area contributed by atoms with Gasteiger partial charge in [0, 0.05) is 24.6 Å². The first kappa shape index (κ1) is 14.0. The molecule has 1 spiro atoms. The van der Waals surface area contributed by atoms with Gasteiger partial charge in [0.25, 0.3) is 0 Å². The lowest BCUT2D eigenvalue weighted by Crippen LogP contribution is -2.62.